The smallest absolute Gasteiger partial charge is 0.321 e. The Kier molecular flexibility index (Phi) is 4.22. The molecule has 1 N–H and O–H groups in total. The lowest BCUT2D eigenvalue weighted by Gasteiger charge is -2.20. The second-order valence-corrected chi connectivity index (χ2v) is 6.48. The van der Waals surface area contributed by atoms with Crippen molar-refractivity contribution in [3.05, 3.63) is 53.1 Å². The van der Waals surface area contributed by atoms with Crippen molar-refractivity contribution >= 4 is 11.7 Å². The van der Waals surface area contributed by atoms with E-state index >= 15 is 0 Å². The van der Waals surface area contributed by atoms with Crippen LogP contribution in [-0.4, -0.2) is 37.7 Å². The third-order valence-electron chi connectivity index (χ3n) is 4.83. The van der Waals surface area contributed by atoms with Crippen molar-refractivity contribution in [2.75, 3.05) is 32.1 Å². The van der Waals surface area contributed by atoms with Gasteiger partial charge >= 0.3 is 6.03 Å². The van der Waals surface area contributed by atoms with E-state index in [0.29, 0.717) is 6.54 Å². The number of amides is 2. The molecule has 0 aliphatic carbocycles. The van der Waals surface area contributed by atoms with Gasteiger partial charge in [0.25, 0.3) is 0 Å². The number of fused-ring (bicyclic) bond motifs is 2. The molecule has 0 radical (unpaired) electrons. The minimum atomic E-state index is -0.104. The molecule has 2 aromatic rings. The first-order valence-corrected chi connectivity index (χ1v) is 8.73. The summed E-state index contributed by atoms with van der Waals surface area (Å²) in [5, 5.41) is 2.91. The standard InChI is InChI=1S/C20H22N2O3/c1-22(20(23)21-15-5-3-2-4-6-15)10-7-17-16-9-12-24-18(16)13-14-8-11-25-19(14)17/h2-6,13H,7-12H2,1H3,(H,21,23). The first kappa shape index (κ1) is 15.8. The fourth-order valence-corrected chi connectivity index (χ4v) is 3.47. The highest BCUT2D eigenvalue weighted by Crippen LogP contribution is 2.40. The lowest BCUT2D eigenvalue weighted by Crippen LogP contribution is -2.33. The molecule has 0 spiro atoms. The van der Waals surface area contributed by atoms with Crippen LogP contribution in [0.25, 0.3) is 0 Å². The van der Waals surface area contributed by atoms with Crippen LogP contribution in [0, 0.1) is 0 Å². The highest BCUT2D eigenvalue weighted by molar-refractivity contribution is 5.89. The summed E-state index contributed by atoms with van der Waals surface area (Å²) in [5.74, 6) is 2.01. The minimum Gasteiger partial charge on any atom is -0.493 e. The molecular formula is C20H22N2O3. The highest BCUT2D eigenvalue weighted by atomic mass is 16.5. The van der Waals surface area contributed by atoms with E-state index in [1.54, 1.807) is 4.90 Å². The van der Waals surface area contributed by atoms with Gasteiger partial charge in [-0.15, -0.1) is 0 Å². The molecule has 2 amide bonds. The summed E-state index contributed by atoms with van der Waals surface area (Å²) >= 11 is 0. The maximum Gasteiger partial charge on any atom is 0.321 e. The van der Waals surface area contributed by atoms with Gasteiger partial charge in [-0.2, -0.15) is 0 Å². The van der Waals surface area contributed by atoms with E-state index in [2.05, 4.69) is 11.4 Å². The predicted molar refractivity (Wildman–Crippen MR) is 96.6 cm³/mol. The van der Waals surface area contributed by atoms with Crippen LogP contribution in [-0.2, 0) is 19.3 Å². The van der Waals surface area contributed by atoms with Gasteiger partial charge in [0.1, 0.15) is 11.5 Å². The van der Waals surface area contributed by atoms with Gasteiger partial charge < -0.3 is 19.7 Å². The zero-order chi connectivity index (χ0) is 17.2. The third-order valence-corrected chi connectivity index (χ3v) is 4.83. The number of para-hydroxylation sites is 1. The Labute approximate surface area is 147 Å². The van der Waals surface area contributed by atoms with Crippen molar-refractivity contribution in [2.45, 2.75) is 19.3 Å². The molecule has 2 aromatic carbocycles. The van der Waals surface area contributed by atoms with Gasteiger partial charge in [0, 0.05) is 48.8 Å². The number of rotatable bonds is 4. The first-order chi connectivity index (χ1) is 12.2. The number of urea groups is 1. The van der Waals surface area contributed by atoms with E-state index in [4.69, 9.17) is 9.47 Å². The number of benzene rings is 2. The Hall–Kier alpha value is -2.69. The molecule has 4 rings (SSSR count). The second kappa shape index (κ2) is 6.67. The van der Waals surface area contributed by atoms with E-state index in [9.17, 15) is 4.79 Å². The number of carbonyl (C=O) groups excluding carboxylic acids is 1. The molecule has 0 saturated heterocycles. The van der Waals surface area contributed by atoms with Gasteiger partial charge in [-0.3, -0.25) is 0 Å². The molecule has 5 heteroatoms. The van der Waals surface area contributed by atoms with Crippen LogP contribution in [0.2, 0.25) is 0 Å². The topological polar surface area (TPSA) is 50.8 Å². The zero-order valence-electron chi connectivity index (χ0n) is 14.4. The molecule has 0 aromatic heterocycles. The van der Waals surface area contributed by atoms with Crippen LogP contribution in [0.1, 0.15) is 16.7 Å². The SMILES string of the molecule is CN(CCc1c2c(cc3c1OCC3)OCC2)C(=O)Nc1ccccc1. The summed E-state index contributed by atoms with van der Waals surface area (Å²) in [7, 11) is 1.82. The van der Waals surface area contributed by atoms with E-state index < -0.39 is 0 Å². The second-order valence-electron chi connectivity index (χ2n) is 6.48. The van der Waals surface area contributed by atoms with Crippen molar-refractivity contribution < 1.29 is 14.3 Å². The van der Waals surface area contributed by atoms with Crippen LogP contribution in [0.5, 0.6) is 11.5 Å². The lowest BCUT2D eigenvalue weighted by molar-refractivity contribution is 0.223. The van der Waals surface area contributed by atoms with Gasteiger partial charge in [0.15, 0.2) is 0 Å². The number of ether oxygens (including phenoxy) is 2. The molecule has 130 valence electrons. The summed E-state index contributed by atoms with van der Waals surface area (Å²) in [5.41, 5.74) is 4.49. The fourth-order valence-electron chi connectivity index (χ4n) is 3.47. The molecule has 2 aliphatic heterocycles. The molecule has 0 bridgehead atoms. The number of likely N-dealkylation sites (N-methyl/N-ethyl adjacent to an activating group) is 1. The molecule has 2 aliphatic rings. The first-order valence-electron chi connectivity index (χ1n) is 8.73. The van der Waals surface area contributed by atoms with Crippen LogP contribution in [0.3, 0.4) is 0 Å². The summed E-state index contributed by atoms with van der Waals surface area (Å²) in [6.07, 6.45) is 2.62. The van der Waals surface area contributed by atoms with Crippen LogP contribution < -0.4 is 14.8 Å². The Morgan fingerprint density at radius 3 is 2.80 bits per heavy atom. The molecule has 0 saturated carbocycles. The average molecular weight is 338 g/mol. The maximum atomic E-state index is 12.4. The molecule has 2 heterocycles. The summed E-state index contributed by atoms with van der Waals surface area (Å²) in [6.45, 7) is 2.09. The maximum absolute atomic E-state index is 12.4. The Morgan fingerprint density at radius 2 is 1.96 bits per heavy atom. The molecule has 0 unspecified atom stereocenters. The Balaban J connectivity index is 1.46. The van der Waals surface area contributed by atoms with Crippen molar-refractivity contribution in [1.29, 1.82) is 0 Å². The van der Waals surface area contributed by atoms with Gasteiger partial charge in [0.2, 0.25) is 0 Å². The molecule has 0 fully saturated rings. The van der Waals surface area contributed by atoms with E-state index in [-0.39, 0.29) is 6.03 Å². The van der Waals surface area contributed by atoms with Crippen LogP contribution in [0.15, 0.2) is 36.4 Å². The lowest BCUT2D eigenvalue weighted by atomic mass is 9.97. The largest absolute Gasteiger partial charge is 0.493 e. The number of hydrogen-bond donors (Lipinski definition) is 1. The van der Waals surface area contributed by atoms with E-state index in [1.165, 1.54) is 16.7 Å². The Morgan fingerprint density at radius 1 is 1.16 bits per heavy atom. The van der Waals surface area contributed by atoms with Crippen molar-refractivity contribution in [2.24, 2.45) is 0 Å². The summed E-state index contributed by atoms with van der Waals surface area (Å²) in [4.78, 5) is 14.1. The quantitative estimate of drug-likeness (QED) is 0.931. The van der Waals surface area contributed by atoms with E-state index in [1.807, 2.05) is 37.4 Å². The molecule has 0 atom stereocenters. The number of carbonyl (C=O) groups is 1. The van der Waals surface area contributed by atoms with Crippen molar-refractivity contribution in [3.8, 4) is 11.5 Å². The number of anilines is 1. The average Bonchev–Trinajstić information content (AvgIpc) is 3.28. The van der Waals surface area contributed by atoms with Crippen molar-refractivity contribution in [3.63, 3.8) is 0 Å². The Bertz CT molecular complexity index is 757. The van der Waals surface area contributed by atoms with Crippen LogP contribution in [0.4, 0.5) is 10.5 Å². The van der Waals surface area contributed by atoms with Gasteiger partial charge in [-0.25, -0.2) is 4.79 Å². The zero-order valence-corrected chi connectivity index (χ0v) is 14.4. The fraction of sp³-hybridized carbons (Fsp3) is 0.350. The number of nitrogens with one attached hydrogen (secondary N) is 1. The van der Waals surface area contributed by atoms with Gasteiger partial charge in [0.05, 0.1) is 13.2 Å². The predicted octanol–water partition coefficient (Wildman–Crippen LogP) is 3.26. The summed E-state index contributed by atoms with van der Waals surface area (Å²) < 4.78 is 11.6. The molecular weight excluding hydrogens is 316 g/mol. The van der Waals surface area contributed by atoms with Gasteiger partial charge in [-0.05, 0) is 24.6 Å². The molecule has 25 heavy (non-hydrogen) atoms. The third kappa shape index (κ3) is 3.14. The molecule has 5 nitrogen and oxygen atoms in total. The number of hydrogen-bond acceptors (Lipinski definition) is 3. The number of nitrogens with zero attached hydrogens (tertiary/aromatic N) is 1. The normalized spacial score (nSPS) is 14.3. The summed E-state index contributed by atoms with van der Waals surface area (Å²) in [6, 6.07) is 11.5. The van der Waals surface area contributed by atoms with Gasteiger partial charge in [-0.1, -0.05) is 18.2 Å². The minimum absolute atomic E-state index is 0.104. The van der Waals surface area contributed by atoms with Crippen LogP contribution >= 0.6 is 0 Å². The highest BCUT2D eigenvalue weighted by Gasteiger charge is 2.26. The monoisotopic (exact) mass is 338 g/mol. The van der Waals surface area contributed by atoms with E-state index in [0.717, 1.165) is 49.7 Å². The van der Waals surface area contributed by atoms with Crippen molar-refractivity contribution in [1.82, 2.24) is 4.90 Å².